The van der Waals surface area contributed by atoms with E-state index >= 15 is 0 Å². The van der Waals surface area contributed by atoms with Gasteiger partial charge in [0.2, 0.25) is 0 Å². The summed E-state index contributed by atoms with van der Waals surface area (Å²) in [6.45, 7) is 2.86. The van der Waals surface area contributed by atoms with Gasteiger partial charge in [-0.15, -0.1) is 0 Å². The summed E-state index contributed by atoms with van der Waals surface area (Å²) >= 11 is 0. The number of hydrogen-bond donors (Lipinski definition) is 3. The summed E-state index contributed by atoms with van der Waals surface area (Å²) in [7, 11) is 0. The normalized spacial score (nSPS) is 11.1. The SMILES string of the molecule is CC(C)(O)C(=O)Nc1ccc(N)cc1. The van der Waals surface area contributed by atoms with Crippen LogP contribution in [0.1, 0.15) is 13.8 Å². The van der Waals surface area contributed by atoms with Gasteiger partial charge in [-0.1, -0.05) is 0 Å². The second kappa shape index (κ2) is 3.67. The van der Waals surface area contributed by atoms with Crippen LogP contribution in [0, 0.1) is 0 Å². The van der Waals surface area contributed by atoms with E-state index in [0.717, 1.165) is 0 Å². The first kappa shape index (κ1) is 10.5. The van der Waals surface area contributed by atoms with Gasteiger partial charge in [-0.2, -0.15) is 0 Å². The van der Waals surface area contributed by atoms with Crippen LogP contribution in [0.5, 0.6) is 0 Å². The van der Waals surface area contributed by atoms with Crippen molar-refractivity contribution in [2.75, 3.05) is 11.1 Å². The summed E-state index contributed by atoms with van der Waals surface area (Å²) in [6, 6.07) is 6.72. The van der Waals surface area contributed by atoms with Gasteiger partial charge in [0.25, 0.3) is 5.91 Å². The molecule has 14 heavy (non-hydrogen) atoms. The molecular weight excluding hydrogens is 180 g/mol. The van der Waals surface area contributed by atoms with E-state index in [1.807, 2.05) is 0 Å². The molecule has 0 radical (unpaired) electrons. The van der Waals surface area contributed by atoms with E-state index in [4.69, 9.17) is 5.73 Å². The van der Waals surface area contributed by atoms with Gasteiger partial charge in [0.15, 0.2) is 0 Å². The van der Waals surface area contributed by atoms with Gasteiger partial charge in [0.05, 0.1) is 0 Å². The van der Waals surface area contributed by atoms with Crippen molar-refractivity contribution < 1.29 is 9.90 Å². The number of amides is 1. The maximum atomic E-state index is 11.3. The van der Waals surface area contributed by atoms with Crippen molar-refractivity contribution in [1.82, 2.24) is 0 Å². The number of benzene rings is 1. The molecule has 0 aliphatic heterocycles. The van der Waals surface area contributed by atoms with Crippen LogP contribution in [0.2, 0.25) is 0 Å². The van der Waals surface area contributed by atoms with Gasteiger partial charge in [-0.3, -0.25) is 4.79 Å². The Bertz CT molecular complexity index is 325. The third kappa shape index (κ3) is 2.74. The molecule has 1 aromatic rings. The molecule has 1 rings (SSSR count). The van der Waals surface area contributed by atoms with Gasteiger partial charge in [0, 0.05) is 11.4 Å². The van der Waals surface area contributed by atoms with Crippen molar-refractivity contribution in [1.29, 1.82) is 0 Å². The largest absolute Gasteiger partial charge is 0.399 e. The second-order valence-electron chi connectivity index (χ2n) is 3.64. The molecule has 0 bridgehead atoms. The molecule has 4 heteroatoms. The van der Waals surface area contributed by atoms with Crippen molar-refractivity contribution in [3.63, 3.8) is 0 Å². The minimum absolute atomic E-state index is 0.442. The standard InChI is InChI=1S/C10H14N2O2/c1-10(2,14)9(13)12-8-5-3-7(11)4-6-8/h3-6,14H,11H2,1-2H3,(H,12,13). The molecule has 76 valence electrons. The lowest BCUT2D eigenvalue weighted by atomic mass is 10.1. The van der Waals surface area contributed by atoms with Crippen LogP contribution in [0.15, 0.2) is 24.3 Å². The molecule has 0 aromatic heterocycles. The Morgan fingerprint density at radius 2 is 1.86 bits per heavy atom. The predicted octanol–water partition coefficient (Wildman–Crippen LogP) is 0.978. The fourth-order valence-corrected chi connectivity index (χ4v) is 0.850. The Morgan fingerprint density at radius 1 is 1.36 bits per heavy atom. The minimum atomic E-state index is -1.37. The Hall–Kier alpha value is -1.55. The van der Waals surface area contributed by atoms with Crippen LogP contribution in [-0.4, -0.2) is 16.6 Å². The summed E-state index contributed by atoms with van der Waals surface area (Å²) in [5.41, 5.74) is 5.36. The molecule has 1 aromatic carbocycles. The molecule has 0 atom stereocenters. The minimum Gasteiger partial charge on any atom is -0.399 e. The number of carbonyl (C=O) groups excluding carboxylic acids is 1. The zero-order valence-corrected chi connectivity index (χ0v) is 8.24. The van der Waals surface area contributed by atoms with Crippen molar-refractivity contribution in [3.05, 3.63) is 24.3 Å². The number of carbonyl (C=O) groups is 1. The Kier molecular flexibility index (Phi) is 2.76. The highest BCUT2D eigenvalue weighted by Crippen LogP contribution is 2.12. The lowest BCUT2D eigenvalue weighted by Gasteiger charge is -2.16. The third-order valence-electron chi connectivity index (χ3n) is 1.72. The molecule has 0 fully saturated rings. The molecule has 0 unspecified atom stereocenters. The molecule has 0 aliphatic carbocycles. The van der Waals surface area contributed by atoms with Gasteiger partial charge in [-0.25, -0.2) is 0 Å². The van der Waals surface area contributed by atoms with Crippen LogP contribution in [0.25, 0.3) is 0 Å². The Balaban J connectivity index is 2.71. The van der Waals surface area contributed by atoms with Crippen molar-refractivity contribution in [3.8, 4) is 0 Å². The number of hydrogen-bond acceptors (Lipinski definition) is 3. The summed E-state index contributed by atoms with van der Waals surface area (Å²) in [5.74, 6) is -0.442. The van der Waals surface area contributed by atoms with E-state index in [9.17, 15) is 9.90 Å². The average Bonchev–Trinajstić information content (AvgIpc) is 2.07. The number of nitrogen functional groups attached to an aromatic ring is 1. The molecule has 4 N–H and O–H groups in total. The molecule has 0 spiro atoms. The average molecular weight is 194 g/mol. The quantitative estimate of drug-likeness (QED) is 0.614. The van der Waals surface area contributed by atoms with Crippen molar-refractivity contribution >= 4 is 17.3 Å². The number of nitrogens with two attached hydrogens (primary N) is 1. The van der Waals surface area contributed by atoms with E-state index in [0.29, 0.717) is 11.4 Å². The zero-order valence-electron chi connectivity index (χ0n) is 8.24. The fourth-order valence-electron chi connectivity index (χ4n) is 0.850. The summed E-state index contributed by atoms with van der Waals surface area (Å²) in [4.78, 5) is 11.3. The molecule has 0 heterocycles. The topological polar surface area (TPSA) is 75.3 Å². The van der Waals surface area contributed by atoms with Crippen LogP contribution in [0.3, 0.4) is 0 Å². The van der Waals surface area contributed by atoms with E-state index in [1.165, 1.54) is 13.8 Å². The maximum Gasteiger partial charge on any atom is 0.255 e. The van der Waals surface area contributed by atoms with Crippen molar-refractivity contribution in [2.45, 2.75) is 19.4 Å². The first-order valence-corrected chi connectivity index (χ1v) is 4.29. The summed E-state index contributed by atoms with van der Waals surface area (Å²) in [6.07, 6.45) is 0. The second-order valence-corrected chi connectivity index (χ2v) is 3.64. The highest BCUT2D eigenvalue weighted by atomic mass is 16.3. The van der Waals surface area contributed by atoms with Gasteiger partial charge >= 0.3 is 0 Å². The smallest absolute Gasteiger partial charge is 0.255 e. The van der Waals surface area contributed by atoms with Crippen LogP contribution in [0.4, 0.5) is 11.4 Å². The highest BCUT2D eigenvalue weighted by Gasteiger charge is 2.23. The number of nitrogens with one attached hydrogen (secondary N) is 1. The van der Waals surface area contributed by atoms with Crippen LogP contribution in [-0.2, 0) is 4.79 Å². The summed E-state index contributed by atoms with van der Waals surface area (Å²) < 4.78 is 0. The molecular formula is C10H14N2O2. The van der Waals surface area contributed by atoms with E-state index in [-0.39, 0.29) is 0 Å². The van der Waals surface area contributed by atoms with E-state index in [2.05, 4.69) is 5.32 Å². The molecule has 1 amide bonds. The highest BCUT2D eigenvalue weighted by molar-refractivity contribution is 5.96. The first-order chi connectivity index (χ1) is 6.39. The number of aliphatic hydroxyl groups is 1. The van der Waals surface area contributed by atoms with Gasteiger partial charge in [0.1, 0.15) is 5.60 Å². The van der Waals surface area contributed by atoms with E-state index < -0.39 is 11.5 Å². The van der Waals surface area contributed by atoms with E-state index in [1.54, 1.807) is 24.3 Å². The van der Waals surface area contributed by atoms with Gasteiger partial charge in [-0.05, 0) is 38.1 Å². The molecule has 0 saturated heterocycles. The fraction of sp³-hybridized carbons (Fsp3) is 0.300. The molecule has 0 saturated carbocycles. The molecule has 0 aliphatic rings. The first-order valence-electron chi connectivity index (χ1n) is 4.29. The number of rotatable bonds is 2. The predicted molar refractivity (Wildman–Crippen MR) is 55.8 cm³/mol. The Morgan fingerprint density at radius 3 is 2.29 bits per heavy atom. The van der Waals surface area contributed by atoms with Gasteiger partial charge < -0.3 is 16.2 Å². The third-order valence-corrected chi connectivity index (χ3v) is 1.72. The summed E-state index contributed by atoms with van der Waals surface area (Å²) in [5, 5.41) is 11.9. The van der Waals surface area contributed by atoms with Crippen LogP contribution >= 0.6 is 0 Å². The molecule has 4 nitrogen and oxygen atoms in total. The monoisotopic (exact) mass is 194 g/mol. The van der Waals surface area contributed by atoms with Crippen molar-refractivity contribution in [2.24, 2.45) is 0 Å². The maximum absolute atomic E-state index is 11.3. The van der Waals surface area contributed by atoms with Crippen LogP contribution < -0.4 is 11.1 Å². The number of anilines is 2. The lowest BCUT2D eigenvalue weighted by molar-refractivity contribution is -0.130. The lowest BCUT2D eigenvalue weighted by Crippen LogP contribution is -2.36. The zero-order chi connectivity index (χ0) is 10.8. The Labute approximate surface area is 82.7 Å².